The number of aromatic amines is 1. The van der Waals surface area contributed by atoms with Gasteiger partial charge in [-0.1, -0.05) is 59.6 Å². The van der Waals surface area contributed by atoms with Gasteiger partial charge in [0.05, 0.1) is 15.6 Å². The van der Waals surface area contributed by atoms with Crippen molar-refractivity contribution in [1.82, 2.24) is 20.2 Å². The van der Waals surface area contributed by atoms with Crippen molar-refractivity contribution in [2.75, 3.05) is 18.4 Å². The highest BCUT2D eigenvalue weighted by atomic mass is 35.5. The van der Waals surface area contributed by atoms with Gasteiger partial charge >= 0.3 is 17.7 Å². The minimum absolute atomic E-state index is 0.0160. The van der Waals surface area contributed by atoms with Crippen LogP contribution in [0.2, 0.25) is 10.0 Å². The summed E-state index contributed by atoms with van der Waals surface area (Å²) in [7, 11) is 0. The number of carboxylic acids is 1. The number of halogens is 2. The molecule has 1 unspecified atom stereocenters. The highest BCUT2D eigenvalue weighted by Gasteiger charge is 2.30. The number of piperidine rings is 1. The van der Waals surface area contributed by atoms with Crippen molar-refractivity contribution in [3.63, 3.8) is 0 Å². The molecule has 0 spiro atoms. The van der Waals surface area contributed by atoms with Crippen molar-refractivity contribution in [3.8, 4) is 0 Å². The van der Waals surface area contributed by atoms with E-state index in [1.807, 2.05) is 6.07 Å². The summed E-state index contributed by atoms with van der Waals surface area (Å²) >= 11 is 12.2. The molecule has 40 heavy (non-hydrogen) atoms. The average Bonchev–Trinajstić information content (AvgIpc) is 2.94. The number of carbonyl (C=O) groups excluding carboxylic acids is 3. The number of carbonyl (C=O) groups is 4. The van der Waals surface area contributed by atoms with E-state index >= 15 is 0 Å². The first kappa shape index (κ1) is 28.8. The van der Waals surface area contributed by atoms with Crippen molar-refractivity contribution in [2.45, 2.75) is 25.3 Å². The minimum Gasteiger partial charge on any atom is -0.480 e. The first-order valence-corrected chi connectivity index (χ1v) is 13.1. The first-order chi connectivity index (χ1) is 19.1. The smallest absolute Gasteiger partial charge is 0.346 e. The Morgan fingerprint density at radius 1 is 1.02 bits per heavy atom. The summed E-state index contributed by atoms with van der Waals surface area (Å²) in [5, 5.41) is 14.9. The van der Waals surface area contributed by atoms with Crippen LogP contribution < -0.4 is 16.3 Å². The normalized spacial score (nSPS) is 14.3. The molecule has 13 heteroatoms. The number of nitrogens with zero attached hydrogens (tertiary/aromatic N) is 2. The summed E-state index contributed by atoms with van der Waals surface area (Å²) in [5.41, 5.74) is -0.0641. The third kappa shape index (κ3) is 6.85. The van der Waals surface area contributed by atoms with Crippen LogP contribution in [-0.4, -0.2) is 62.8 Å². The summed E-state index contributed by atoms with van der Waals surface area (Å²) in [6, 6.07) is 11.4. The van der Waals surface area contributed by atoms with Gasteiger partial charge in [0.1, 0.15) is 11.9 Å². The molecule has 4 rings (SSSR count). The van der Waals surface area contributed by atoms with Crippen LogP contribution in [0, 0.1) is 5.92 Å². The Morgan fingerprint density at radius 2 is 1.68 bits per heavy atom. The number of rotatable bonds is 8. The van der Waals surface area contributed by atoms with E-state index in [1.165, 1.54) is 23.2 Å². The predicted octanol–water partition coefficient (Wildman–Crippen LogP) is 3.63. The van der Waals surface area contributed by atoms with Gasteiger partial charge in [0.15, 0.2) is 5.78 Å². The van der Waals surface area contributed by atoms with E-state index < -0.39 is 29.6 Å². The van der Waals surface area contributed by atoms with Crippen LogP contribution in [0.3, 0.4) is 0 Å². The van der Waals surface area contributed by atoms with Crippen LogP contribution in [0.25, 0.3) is 0 Å². The van der Waals surface area contributed by atoms with Gasteiger partial charge in [-0.3, -0.25) is 9.59 Å². The molecule has 0 aliphatic carbocycles. The van der Waals surface area contributed by atoms with Crippen molar-refractivity contribution >= 4 is 52.7 Å². The van der Waals surface area contributed by atoms with E-state index in [4.69, 9.17) is 23.2 Å². The molecule has 1 saturated heterocycles. The van der Waals surface area contributed by atoms with E-state index in [9.17, 15) is 29.1 Å². The first-order valence-electron chi connectivity index (χ1n) is 12.4. The third-order valence-corrected chi connectivity index (χ3v) is 7.17. The zero-order chi connectivity index (χ0) is 28.8. The summed E-state index contributed by atoms with van der Waals surface area (Å²) in [5.74, 6) is -2.50. The molecule has 1 aliphatic rings. The molecule has 208 valence electrons. The maximum absolute atomic E-state index is 12.9. The van der Waals surface area contributed by atoms with Crippen LogP contribution in [0.1, 0.15) is 39.1 Å². The lowest BCUT2D eigenvalue weighted by molar-refractivity contribution is -0.139. The Morgan fingerprint density at radius 3 is 2.30 bits per heavy atom. The molecule has 0 saturated carbocycles. The molecule has 2 heterocycles. The number of likely N-dealkylation sites (tertiary alicyclic amines) is 1. The van der Waals surface area contributed by atoms with Gasteiger partial charge < -0.3 is 25.6 Å². The van der Waals surface area contributed by atoms with Crippen molar-refractivity contribution in [1.29, 1.82) is 0 Å². The Hall–Kier alpha value is -4.22. The van der Waals surface area contributed by atoms with Gasteiger partial charge in [0.25, 0.3) is 5.91 Å². The number of aliphatic carboxylic acids is 1. The van der Waals surface area contributed by atoms with Crippen molar-refractivity contribution < 1.29 is 24.3 Å². The molecule has 3 amide bonds. The largest absolute Gasteiger partial charge is 0.480 e. The maximum Gasteiger partial charge on any atom is 0.346 e. The number of amides is 3. The van der Waals surface area contributed by atoms with Gasteiger partial charge in [-0.15, -0.1) is 0 Å². The van der Waals surface area contributed by atoms with Crippen molar-refractivity contribution in [2.24, 2.45) is 5.92 Å². The maximum atomic E-state index is 12.9. The molecule has 11 nitrogen and oxygen atoms in total. The van der Waals surface area contributed by atoms with Crippen LogP contribution >= 0.6 is 23.2 Å². The summed E-state index contributed by atoms with van der Waals surface area (Å²) in [6.45, 7) is 0.559. The molecule has 1 aromatic heterocycles. The molecule has 1 aliphatic heterocycles. The second-order valence-electron chi connectivity index (χ2n) is 9.17. The number of anilines is 1. The molecule has 3 aromatic rings. The lowest BCUT2D eigenvalue weighted by Crippen LogP contribution is -2.51. The number of ketones is 1. The van der Waals surface area contributed by atoms with Crippen molar-refractivity contribution in [3.05, 3.63) is 91.9 Å². The molecular formula is C27H25Cl2N5O6. The fourth-order valence-electron chi connectivity index (χ4n) is 4.41. The number of benzene rings is 2. The molecule has 4 N–H and O–H groups in total. The van der Waals surface area contributed by atoms with Gasteiger partial charge in [0, 0.05) is 42.8 Å². The second kappa shape index (κ2) is 12.8. The molecule has 2 aromatic carbocycles. The van der Waals surface area contributed by atoms with E-state index in [0.717, 1.165) is 0 Å². The Balaban J connectivity index is 1.42. The summed E-state index contributed by atoms with van der Waals surface area (Å²) < 4.78 is 0. The van der Waals surface area contributed by atoms with E-state index in [0.29, 0.717) is 18.4 Å². The number of nitrogens with one attached hydrogen (secondary N) is 3. The van der Waals surface area contributed by atoms with Gasteiger partial charge in [0.2, 0.25) is 0 Å². The molecule has 1 fully saturated rings. The summed E-state index contributed by atoms with van der Waals surface area (Å²) in [6.07, 6.45) is 1.80. The van der Waals surface area contributed by atoms with E-state index in [1.54, 1.807) is 30.3 Å². The zero-order valence-corrected chi connectivity index (χ0v) is 22.5. The molecular weight excluding hydrogens is 561 g/mol. The standard InChI is InChI=1S/C27H25Cl2N5O6/c28-18-7-4-8-19(29)21(18)24(36)32-23-17(14-30-26(39)33-23)13-20(25(37)38)31-27(40)34-11-9-16(10-12-34)22(35)15-5-2-1-3-6-15/h1-8,14,16,20H,9-13H2,(H,31,40)(H,37,38)(H2,30,32,33,36,39). The number of aromatic nitrogens is 2. The zero-order valence-electron chi connectivity index (χ0n) is 21.0. The molecule has 0 radical (unpaired) electrons. The lowest BCUT2D eigenvalue weighted by Gasteiger charge is -2.32. The Kier molecular flexibility index (Phi) is 9.18. The van der Waals surface area contributed by atoms with Crippen LogP contribution in [0.15, 0.2) is 59.5 Å². The topological polar surface area (TPSA) is 162 Å². The van der Waals surface area contributed by atoms with E-state index in [2.05, 4.69) is 20.6 Å². The second-order valence-corrected chi connectivity index (χ2v) is 9.98. The highest BCUT2D eigenvalue weighted by molar-refractivity contribution is 6.40. The predicted molar refractivity (Wildman–Crippen MR) is 148 cm³/mol. The quantitative estimate of drug-likeness (QED) is 0.293. The molecule has 0 bridgehead atoms. The van der Waals surface area contributed by atoms with Crippen LogP contribution in [0.4, 0.5) is 10.6 Å². The number of carboxylic acid groups (broad SMARTS) is 1. The summed E-state index contributed by atoms with van der Waals surface area (Å²) in [4.78, 5) is 70.0. The van der Waals surface area contributed by atoms with E-state index in [-0.39, 0.29) is 58.2 Å². The highest BCUT2D eigenvalue weighted by Crippen LogP contribution is 2.26. The monoisotopic (exact) mass is 585 g/mol. The minimum atomic E-state index is -1.41. The molecule has 1 atom stereocenters. The number of hydrogen-bond acceptors (Lipinski definition) is 6. The third-order valence-electron chi connectivity index (χ3n) is 6.54. The lowest BCUT2D eigenvalue weighted by atomic mass is 9.89. The van der Waals surface area contributed by atoms with Crippen LogP contribution in [0.5, 0.6) is 0 Å². The number of urea groups is 1. The Labute approximate surface area is 238 Å². The fraction of sp³-hybridized carbons (Fsp3) is 0.259. The fourth-order valence-corrected chi connectivity index (χ4v) is 4.98. The van der Waals surface area contributed by atoms with Gasteiger partial charge in [-0.2, -0.15) is 4.98 Å². The number of H-pyrrole nitrogens is 1. The SMILES string of the molecule is O=C(Nc1nc(=O)[nH]cc1CC(NC(=O)N1CCC(C(=O)c2ccccc2)CC1)C(=O)O)c1c(Cl)cccc1Cl. The van der Waals surface area contributed by atoms with Crippen LogP contribution in [-0.2, 0) is 11.2 Å². The number of hydrogen-bond donors (Lipinski definition) is 4. The average molecular weight is 586 g/mol. The van der Waals surface area contributed by atoms with Gasteiger partial charge in [-0.05, 0) is 25.0 Å². The number of Topliss-reactive ketones (excluding diaryl/α,β-unsaturated/α-hetero) is 1. The Bertz CT molecular complexity index is 1470. The van der Waals surface area contributed by atoms with Gasteiger partial charge in [-0.25, -0.2) is 14.4 Å².